The van der Waals surface area contributed by atoms with Gasteiger partial charge >= 0.3 is 29.8 Å². The lowest BCUT2D eigenvalue weighted by Crippen LogP contribution is -2.06. The Morgan fingerprint density at radius 2 is 0.727 bits per heavy atom. The van der Waals surface area contributed by atoms with Crippen molar-refractivity contribution in [3.05, 3.63) is 107 Å². The van der Waals surface area contributed by atoms with Crippen LogP contribution in [0.2, 0.25) is 0 Å². The minimum absolute atomic E-state index is 0.0186. The molecule has 0 aromatic heterocycles. The number of aromatic carboxylic acids is 5. The number of carboxylic acid groups (broad SMARTS) is 5. The zero-order valence-electron chi connectivity index (χ0n) is 16.8. The lowest BCUT2D eigenvalue weighted by molar-refractivity contribution is 0.0651. The number of hydrogen-bond donors (Lipinski definition) is 5. The fraction of sp³-hybridized carbons (Fsp3) is 0. The second kappa shape index (κ2) is 12.6. The normalized spacial score (nSPS) is 9.21. The molecule has 0 amide bonds. The molecule has 3 rings (SSSR count). The molecule has 33 heavy (non-hydrogen) atoms. The molecule has 170 valence electrons. The summed E-state index contributed by atoms with van der Waals surface area (Å²) in [7, 11) is 0. The highest BCUT2D eigenvalue weighted by Gasteiger charge is 2.13. The Morgan fingerprint density at radius 3 is 1.03 bits per heavy atom. The molecule has 0 aliphatic heterocycles. The molecule has 0 heterocycles. The molecule has 3 aromatic carbocycles. The summed E-state index contributed by atoms with van der Waals surface area (Å²) in [5, 5.41) is 42.5. The Hall–Kier alpha value is -4.99. The van der Waals surface area contributed by atoms with Crippen molar-refractivity contribution in [2.45, 2.75) is 0 Å². The fourth-order valence-electron chi connectivity index (χ4n) is 2.22. The maximum absolute atomic E-state index is 10.5. The summed E-state index contributed by atoms with van der Waals surface area (Å²) >= 11 is 0. The third kappa shape index (κ3) is 8.72. The van der Waals surface area contributed by atoms with E-state index in [-0.39, 0.29) is 22.3 Å². The largest absolute Gasteiger partial charge is 0.478 e. The highest BCUT2D eigenvalue weighted by atomic mass is 16.4. The minimum atomic E-state index is -1.23. The molecule has 0 aliphatic carbocycles. The van der Waals surface area contributed by atoms with E-state index in [9.17, 15) is 24.0 Å². The second-order valence-corrected chi connectivity index (χ2v) is 6.02. The molecular formula is C23H18O10. The van der Waals surface area contributed by atoms with Gasteiger partial charge in [-0.15, -0.1) is 0 Å². The van der Waals surface area contributed by atoms with Crippen LogP contribution in [0.3, 0.4) is 0 Å². The van der Waals surface area contributed by atoms with Gasteiger partial charge in [-0.2, -0.15) is 0 Å². The van der Waals surface area contributed by atoms with Gasteiger partial charge in [0, 0.05) is 0 Å². The molecule has 0 fully saturated rings. The molecule has 10 heteroatoms. The van der Waals surface area contributed by atoms with E-state index in [1.807, 2.05) is 0 Å². The molecule has 0 bridgehead atoms. The van der Waals surface area contributed by atoms with Crippen LogP contribution in [0.4, 0.5) is 0 Å². The minimum Gasteiger partial charge on any atom is -0.478 e. The number of benzene rings is 3. The van der Waals surface area contributed by atoms with Crippen LogP contribution >= 0.6 is 0 Å². The van der Waals surface area contributed by atoms with Gasteiger partial charge in [-0.05, 0) is 42.5 Å². The first-order valence-corrected chi connectivity index (χ1v) is 8.95. The number of carbonyl (C=O) groups is 5. The Bertz CT molecular complexity index is 1090. The van der Waals surface area contributed by atoms with Crippen molar-refractivity contribution in [3.63, 3.8) is 0 Å². The Kier molecular flexibility index (Phi) is 9.98. The van der Waals surface area contributed by atoms with Gasteiger partial charge in [-0.1, -0.05) is 36.4 Å². The molecule has 0 radical (unpaired) electrons. The lowest BCUT2D eigenvalue weighted by atomic mass is 10.1. The number of rotatable bonds is 5. The maximum Gasteiger partial charge on any atom is 0.336 e. The van der Waals surface area contributed by atoms with Gasteiger partial charge in [0.15, 0.2) is 0 Å². The monoisotopic (exact) mass is 454 g/mol. The van der Waals surface area contributed by atoms with Crippen LogP contribution in [-0.4, -0.2) is 55.4 Å². The van der Waals surface area contributed by atoms with Crippen molar-refractivity contribution in [3.8, 4) is 0 Å². The molecule has 0 spiro atoms. The van der Waals surface area contributed by atoms with Crippen molar-refractivity contribution in [2.24, 2.45) is 0 Å². The summed E-state index contributed by atoms with van der Waals surface area (Å²) in [6.45, 7) is 0. The van der Waals surface area contributed by atoms with E-state index in [0.717, 1.165) is 6.07 Å². The first-order chi connectivity index (χ1) is 15.5. The van der Waals surface area contributed by atoms with Gasteiger partial charge in [0.2, 0.25) is 0 Å². The summed E-state index contributed by atoms with van der Waals surface area (Å²) in [6.07, 6.45) is 0. The fourth-order valence-corrected chi connectivity index (χ4v) is 2.22. The molecule has 0 atom stereocenters. The second-order valence-electron chi connectivity index (χ2n) is 6.02. The number of hydrogen-bond acceptors (Lipinski definition) is 5. The number of carboxylic acids is 5. The van der Waals surface area contributed by atoms with Crippen molar-refractivity contribution in [1.29, 1.82) is 0 Å². The molecule has 10 nitrogen and oxygen atoms in total. The molecule has 0 aliphatic rings. The Labute approximate surface area is 186 Å². The van der Waals surface area contributed by atoms with Gasteiger partial charge in [0.1, 0.15) is 0 Å². The highest BCUT2D eigenvalue weighted by molar-refractivity contribution is 6.01. The zero-order valence-corrected chi connectivity index (χ0v) is 16.8. The third-order valence-corrected chi connectivity index (χ3v) is 3.77. The molecule has 5 N–H and O–H groups in total. The van der Waals surface area contributed by atoms with Crippen molar-refractivity contribution in [2.75, 3.05) is 0 Å². The SMILES string of the molecule is O=C(O)c1cccc(C(=O)O)c1.O=C(O)c1ccccc1.O=C(O)c1ccccc1C(=O)O. The quantitative estimate of drug-likeness (QED) is 0.381. The maximum atomic E-state index is 10.5. The first-order valence-electron chi connectivity index (χ1n) is 8.95. The van der Waals surface area contributed by atoms with E-state index in [1.165, 1.54) is 42.5 Å². The third-order valence-electron chi connectivity index (χ3n) is 3.77. The molecule has 0 unspecified atom stereocenters. The van der Waals surface area contributed by atoms with Crippen LogP contribution in [0.5, 0.6) is 0 Å². The van der Waals surface area contributed by atoms with Crippen molar-refractivity contribution >= 4 is 29.8 Å². The topological polar surface area (TPSA) is 186 Å². The van der Waals surface area contributed by atoms with Crippen LogP contribution in [0, 0.1) is 0 Å². The lowest BCUT2D eigenvalue weighted by Gasteiger charge is -1.98. The predicted molar refractivity (Wildman–Crippen MR) is 114 cm³/mol. The summed E-state index contributed by atoms with van der Waals surface area (Å²) in [5.74, 6) is -5.59. The zero-order chi connectivity index (χ0) is 25.0. The van der Waals surface area contributed by atoms with Crippen molar-refractivity contribution < 1.29 is 49.5 Å². The van der Waals surface area contributed by atoms with Crippen LogP contribution in [0.25, 0.3) is 0 Å². The average Bonchev–Trinajstić information content (AvgIpc) is 2.80. The first kappa shape index (κ1) is 26.0. The van der Waals surface area contributed by atoms with Gasteiger partial charge in [0.05, 0.1) is 27.8 Å². The summed E-state index contributed by atoms with van der Waals surface area (Å²) in [5.41, 5.74) is -0.0858. The smallest absolute Gasteiger partial charge is 0.336 e. The standard InChI is InChI=1S/2C8H6O4.C7H6O2/c9-7(10)5-2-1-3-6(4-5)8(11)12;9-7(10)5-3-1-2-4-6(5)8(11)12;8-7(9)6-4-2-1-3-5-6/h2*1-4H,(H,9,10)(H,11,12);1-5H,(H,8,9). The Morgan fingerprint density at radius 1 is 0.394 bits per heavy atom. The predicted octanol–water partition coefficient (Wildman–Crippen LogP) is 3.55. The van der Waals surface area contributed by atoms with E-state index < -0.39 is 29.8 Å². The molecule has 0 saturated heterocycles. The Balaban J connectivity index is 0.000000250. The van der Waals surface area contributed by atoms with Gasteiger partial charge in [0.25, 0.3) is 0 Å². The van der Waals surface area contributed by atoms with E-state index in [1.54, 1.807) is 30.3 Å². The van der Waals surface area contributed by atoms with Gasteiger partial charge < -0.3 is 25.5 Å². The van der Waals surface area contributed by atoms with E-state index in [4.69, 9.17) is 25.5 Å². The van der Waals surface area contributed by atoms with Crippen LogP contribution in [-0.2, 0) is 0 Å². The van der Waals surface area contributed by atoms with E-state index >= 15 is 0 Å². The van der Waals surface area contributed by atoms with Gasteiger partial charge in [-0.25, -0.2) is 24.0 Å². The van der Waals surface area contributed by atoms with Crippen LogP contribution in [0.1, 0.15) is 51.8 Å². The average molecular weight is 454 g/mol. The molecule has 0 saturated carbocycles. The molecular weight excluding hydrogens is 436 g/mol. The highest BCUT2D eigenvalue weighted by Crippen LogP contribution is 2.08. The van der Waals surface area contributed by atoms with Gasteiger partial charge in [-0.3, -0.25) is 0 Å². The van der Waals surface area contributed by atoms with Crippen LogP contribution < -0.4 is 0 Å². The summed E-state index contributed by atoms with van der Waals surface area (Å²) in [4.78, 5) is 51.9. The van der Waals surface area contributed by atoms with E-state index in [2.05, 4.69) is 0 Å². The van der Waals surface area contributed by atoms with Crippen molar-refractivity contribution in [1.82, 2.24) is 0 Å². The molecule has 3 aromatic rings. The summed E-state index contributed by atoms with van der Waals surface area (Å²) < 4.78 is 0. The van der Waals surface area contributed by atoms with E-state index in [0.29, 0.717) is 5.56 Å². The summed E-state index contributed by atoms with van der Waals surface area (Å²) in [6, 6.07) is 19.0. The van der Waals surface area contributed by atoms with Crippen LogP contribution in [0.15, 0.2) is 78.9 Å².